The van der Waals surface area contributed by atoms with Gasteiger partial charge >= 0.3 is 6.03 Å². The third-order valence-corrected chi connectivity index (χ3v) is 3.15. The van der Waals surface area contributed by atoms with Crippen LogP contribution >= 0.6 is 0 Å². The summed E-state index contributed by atoms with van der Waals surface area (Å²) >= 11 is 0. The molecule has 2 aromatic rings. The van der Waals surface area contributed by atoms with Crippen molar-refractivity contribution >= 4 is 16.9 Å². The SMILES string of the molecule is NC(=O)n1c2c(c3ccccc31)CNCC2. The Hall–Kier alpha value is -1.81. The van der Waals surface area contributed by atoms with Gasteiger partial charge in [0, 0.05) is 30.6 Å². The topological polar surface area (TPSA) is 60.1 Å². The van der Waals surface area contributed by atoms with Gasteiger partial charge in [-0.15, -0.1) is 0 Å². The molecule has 4 nitrogen and oxygen atoms in total. The number of para-hydroxylation sites is 1. The summed E-state index contributed by atoms with van der Waals surface area (Å²) in [5, 5.41) is 4.45. The summed E-state index contributed by atoms with van der Waals surface area (Å²) in [5.74, 6) is 0. The molecule has 1 amide bonds. The molecule has 0 atom stereocenters. The lowest BCUT2D eigenvalue weighted by molar-refractivity contribution is 0.250. The fourth-order valence-electron chi connectivity index (χ4n) is 2.49. The highest BCUT2D eigenvalue weighted by Gasteiger charge is 2.21. The minimum Gasteiger partial charge on any atom is -0.351 e. The minimum absolute atomic E-state index is 0.389. The molecule has 1 aliphatic heterocycles. The third-order valence-electron chi connectivity index (χ3n) is 3.15. The number of hydrogen-bond acceptors (Lipinski definition) is 2. The molecule has 82 valence electrons. The van der Waals surface area contributed by atoms with E-state index in [1.54, 1.807) is 4.57 Å². The van der Waals surface area contributed by atoms with Gasteiger partial charge in [-0.3, -0.25) is 4.57 Å². The molecule has 2 heterocycles. The van der Waals surface area contributed by atoms with E-state index in [1.807, 2.05) is 24.3 Å². The molecule has 16 heavy (non-hydrogen) atoms. The average molecular weight is 215 g/mol. The van der Waals surface area contributed by atoms with Crippen LogP contribution in [0.3, 0.4) is 0 Å². The zero-order valence-corrected chi connectivity index (χ0v) is 8.86. The Bertz CT molecular complexity index is 571. The van der Waals surface area contributed by atoms with Crippen molar-refractivity contribution in [3.63, 3.8) is 0 Å². The highest BCUT2D eigenvalue weighted by Crippen LogP contribution is 2.27. The molecule has 0 aliphatic carbocycles. The van der Waals surface area contributed by atoms with Crippen LogP contribution in [0.15, 0.2) is 24.3 Å². The van der Waals surface area contributed by atoms with Gasteiger partial charge in [0.1, 0.15) is 0 Å². The number of nitrogens with zero attached hydrogens (tertiary/aromatic N) is 1. The second-order valence-electron chi connectivity index (χ2n) is 4.04. The van der Waals surface area contributed by atoms with E-state index >= 15 is 0 Å². The molecule has 0 saturated heterocycles. The van der Waals surface area contributed by atoms with Crippen LogP contribution in [-0.4, -0.2) is 17.1 Å². The molecule has 0 saturated carbocycles. The lowest BCUT2D eigenvalue weighted by Gasteiger charge is -2.15. The van der Waals surface area contributed by atoms with E-state index in [0.717, 1.165) is 36.1 Å². The predicted molar refractivity (Wildman–Crippen MR) is 62.3 cm³/mol. The number of carbonyl (C=O) groups is 1. The van der Waals surface area contributed by atoms with Gasteiger partial charge in [0.25, 0.3) is 0 Å². The molecule has 0 fully saturated rings. The molecule has 3 rings (SSSR count). The highest BCUT2D eigenvalue weighted by atomic mass is 16.2. The quantitative estimate of drug-likeness (QED) is 0.694. The van der Waals surface area contributed by atoms with Crippen molar-refractivity contribution in [3.8, 4) is 0 Å². The molecular weight excluding hydrogens is 202 g/mol. The second-order valence-corrected chi connectivity index (χ2v) is 4.04. The number of nitrogens with two attached hydrogens (primary N) is 1. The van der Waals surface area contributed by atoms with Gasteiger partial charge in [0.05, 0.1) is 5.52 Å². The summed E-state index contributed by atoms with van der Waals surface area (Å²) in [5.41, 5.74) is 8.64. The van der Waals surface area contributed by atoms with Crippen LogP contribution in [0.25, 0.3) is 10.9 Å². The standard InChI is InChI=1S/C12H13N3O/c13-12(16)15-10-4-2-1-3-8(10)9-7-14-6-5-11(9)15/h1-4,14H,5-7H2,(H2,13,16). The Morgan fingerprint density at radius 1 is 1.38 bits per heavy atom. The Morgan fingerprint density at radius 3 is 3.00 bits per heavy atom. The molecule has 3 N–H and O–H groups in total. The zero-order chi connectivity index (χ0) is 11.1. The van der Waals surface area contributed by atoms with E-state index in [2.05, 4.69) is 5.32 Å². The largest absolute Gasteiger partial charge is 0.351 e. The number of carbonyl (C=O) groups excluding carboxylic acids is 1. The van der Waals surface area contributed by atoms with Crippen LogP contribution in [0, 0.1) is 0 Å². The molecule has 0 unspecified atom stereocenters. The van der Waals surface area contributed by atoms with Gasteiger partial charge in [-0.05, 0) is 11.6 Å². The maximum absolute atomic E-state index is 11.5. The lowest BCUT2D eigenvalue weighted by atomic mass is 10.1. The number of benzene rings is 1. The van der Waals surface area contributed by atoms with E-state index in [4.69, 9.17) is 5.73 Å². The Labute approximate surface area is 93.0 Å². The number of amides is 1. The Morgan fingerprint density at radius 2 is 2.19 bits per heavy atom. The summed E-state index contributed by atoms with van der Waals surface area (Å²) in [6, 6.07) is 7.52. The van der Waals surface area contributed by atoms with Gasteiger partial charge in [-0.1, -0.05) is 18.2 Å². The van der Waals surface area contributed by atoms with Crippen molar-refractivity contribution in [2.24, 2.45) is 5.73 Å². The summed E-state index contributed by atoms with van der Waals surface area (Å²) in [6.07, 6.45) is 0.854. The Kier molecular flexibility index (Phi) is 1.97. The maximum atomic E-state index is 11.5. The Balaban J connectivity index is 2.41. The average Bonchev–Trinajstić information content (AvgIpc) is 2.63. The molecule has 1 aliphatic rings. The summed E-state index contributed by atoms with van der Waals surface area (Å²) in [6.45, 7) is 1.72. The second kappa shape index (κ2) is 3.35. The van der Waals surface area contributed by atoms with Gasteiger partial charge < -0.3 is 11.1 Å². The lowest BCUT2D eigenvalue weighted by Crippen LogP contribution is -2.28. The highest BCUT2D eigenvalue weighted by molar-refractivity contribution is 5.95. The predicted octanol–water partition coefficient (Wildman–Crippen LogP) is 1.21. The first-order valence-electron chi connectivity index (χ1n) is 5.41. The molecular formula is C12H13N3O. The fourth-order valence-corrected chi connectivity index (χ4v) is 2.49. The summed E-state index contributed by atoms with van der Waals surface area (Å²) < 4.78 is 1.64. The maximum Gasteiger partial charge on any atom is 0.323 e. The van der Waals surface area contributed by atoms with Crippen LogP contribution in [0.4, 0.5) is 4.79 Å². The number of nitrogens with one attached hydrogen (secondary N) is 1. The van der Waals surface area contributed by atoms with E-state index in [9.17, 15) is 4.79 Å². The first-order valence-corrected chi connectivity index (χ1v) is 5.41. The van der Waals surface area contributed by atoms with Gasteiger partial charge in [-0.2, -0.15) is 0 Å². The van der Waals surface area contributed by atoms with Crippen molar-refractivity contribution in [1.82, 2.24) is 9.88 Å². The molecule has 4 heteroatoms. The first-order chi connectivity index (χ1) is 7.79. The van der Waals surface area contributed by atoms with E-state index < -0.39 is 0 Å². The van der Waals surface area contributed by atoms with E-state index in [1.165, 1.54) is 5.56 Å². The zero-order valence-electron chi connectivity index (χ0n) is 8.86. The van der Waals surface area contributed by atoms with Crippen molar-refractivity contribution in [2.75, 3.05) is 6.54 Å². The van der Waals surface area contributed by atoms with Crippen molar-refractivity contribution in [2.45, 2.75) is 13.0 Å². The van der Waals surface area contributed by atoms with Gasteiger partial charge in [-0.25, -0.2) is 4.79 Å². The summed E-state index contributed by atoms with van der Waals surface area (Å²) in [4.78, 5) is 11.5. The third kappa shape index (κ3) is 1.17. The molecule has 0 radical (unpaired) electrons. The van der Waals surface area contributed by atoms with Crippen LogP contribution < -0.4 is 11.1 Å². The van der Waals surface area contributed by atoms with E-state index in [-0.39, 0.29) is 6.03 Å². The van der Waals surface area contributed by atoms with Crippen LogP contribution in [0.5, 0.6) is 0 Å². The van der Waals surface area contributed by atoms with Crippen molar-refractivity contribution in [3.05, 3.63) is 35.5 Å². The molecule has 0 bridgehead atoms. The van der Waals surface area contributed by atoms with Crippen molar-refractivity contribution in [1.29, 1.82) is 0 Å². The minimum atomic E-state index is -0.389. The first kappa shape index (κ1) is 9.42. The van der Waals surface area contributed by atoms with Crippen LogP contribution in [0.2, 0.25) is 0 Å². The monoisotopic (exact) mass is 215 g/mol. The molecule has 1 aromatic carbocycles. The van der Waals surface area contributed by atoms with Crippen molar-refractivity contribution < 1.29 is 4.79 Å². The number of fused-ring (bicyclic) bond motifs is 3. The normalized spacial score (nSPS) is 15.0. The smallest absolute Gasteiger partial charge is 0.323 e. The van der Waals surface area contributed by atoms with Gasteiger partial charge in [0.2, 0.25) is 0 Å². The summed E-state index contributed by atoms with van der Waals surface area (Å²) in [7, 11) is 0. The molecule has 0 spiro atoms. The number of hydrogen-bond donors (Lipinski definition) is 2. The number of primary amides is 1. The van der Waals surface area contributed by atoms with Crippen LogP contribution in [-0.2, 0) is 13.0 Å². The fraction of sp³-hybridized carbons (Fsp3) is 0.250. The number of aromatic nitrogens is 1. The van der Waals surface area contributed by atoms with Crippen LogP contribution in [0.1, 0.15) is 11.3 Å². The van der Waals surface area contributed by atoms with E-state index in [0.29, 0.717) is 0 Å². The number of rotatable bonds is 0. The van der Waals surface area contributed by atoms with Gasteiger partial charge in [0.15, 0.2) is 0 Å². The molecule has 1 aromatic heterocycles.